The second kappa shape index (κ2) is 8.18. The Bertz CT molecular complexity index is 418. The van der Waals surface area contributed by atoms with Gasteiger partial charge in [0.2, 0.25) is 0 Å². The summed E-state index contributed by atoms with van der Waals surface area (Å²) in [4.78, 5) is 3.95. The van der Waals surface area contributed by atoms with Crippen molar-refractivity contribution >= 4 is 42.1 Å². The van der Waals surface area contributed by atoms with Crippen molar-refractivity contribution in [1.29, 1.82) is 0 Å². The number of hydrogen-bond donors (Lipinski definition) is 1. The maximum Gasteiger partial charge on any atom is 0.0406 e. The SMILES string of the molecule is Cl.Cl.Clc1ccc(CNc2ccncc2)cc1. The summed E-state index contributed by atoms with van der Waals surface area (Å²) >= 11 is 5.80. The average Bonchev–Trinajstić information content (AvgIpc) is 2.30. The Balaban J connectivity index is 0.00000128. The molecule has 0 spiro atoms. The van der Waals surface area contributed by atoms with Crippen molar-refractivity contribution in [2.75, 3.05) is 5.32 Å². The van der Waals surface area contributed by atoms with E-state index in [9.17, 15) is 0 Å². The second-order valence-electron chi connectivity index (χ2n) is 3.22. The minimum absolute atomic E-state index is 0. The minimum Gasteiger partial charge on any atom is -0.381 e. The van der Waals surface area contributed by atoms with E-state index in [1.807, 2.05) is 36.4 Å². The molecule has 0 radical (unpaired) electrons. The van der Waals surface area contributed by atoms with E-state index < -0.39 is 0 Å². The summed E-state index contributed by atoms with van der Waals surface area (Å²) in [5.41, 5.74) is 2.27. The molecule has 0 aliphatic carbocycles. The lowest BCUT2D eigenvalue weighted by Crippen LogP contribution is -1.98. The number of halogens is 3. The van der Waals surface area contributed by atoms with E-state index in [0.717, 1.165) is 17.3 Å². The zero-order valence-electron chi connectivity index (χ0n) is 8.97. The molecule has 2 aromatic rings. The van der Waals surface area contributed by atoms with Gasteiger partial charge in [0, 0.05) is 29.6 Å². The number of hydrogen-bond acceptors (Lipinski definition) is 2. The van der Waals surface area contributed by atoms with Crippen LogP contribution in [0.5, 0.6) is 0 Å². The van der Waals surface area contributed by atoms with Gasteiger partial charge in [0.25, 0.3) is 0 Å². The van der Waals surface area contributed by atoms with Crippen LogP contribution in [0.25, 0.3) is 0 Å². The van der Waals surface area contributed by atoms with Gasteiger partial charge >= 0.3 is 0 Å². The van der Waals surface area contributed by atoms with Crippen LogP contribution in [0.2, 0.25) is 5.02 Å². The summed E-state index contributed by atoms with van der Waals surface area (Å²) in [6, 6.07) is 11.7. The number of pyridine rings is 1. The van der Waals surface area contributed by atoms with Gasteiger partial charge in [-0.15, -0.1) is 24.8 Å². The lowest BCUT2D eigenvalue weighted by molar-refractivity contribution is 1.14. The summed E-state index contributed by atoms with van der Waals surface area (Å²) in [6.07, 6.45) is 3.54. The molecule has 1 aromatic carbocycles. The van der Waals surface area contributed by atoms with Gasteiger partial charge in [0.15, 0.2) is 0 Å². The van der Waals surface area contributed by atoms with E-state index in [1.54, 1.807) is 12.4 Å². The van der Waals surface area contributed by atoms with Crippen molar-refractivity contribution in [2.45, 2.75) is 6.54 Å². The normalized spacial score (nSPS) is 8.76. The molecule has 0 unspecified atom stereocenters. The predicted octanol–water partition coefficient (Wildman–Crippen LogP) is 4.19. The summed E-state index contributed by atoms with van der Waals surface area (Å²) in [5.74, 6) is 0. The molecule has 92 valence electrons. The highest BCUT2D eigenvalue weighted by Gasteiger charge is 1.93. The van der Waals surface area contributed by atoms with Crippen LogP contribution in [0.15, 0.2) is 48.8 Å². The number of nitrogens with one attached hydrogen (secondary N) is 1. The third-order valence-corrected chi connectivity index (χ3v) is 2.34. The summed E-state index contributed by atoms with van der Waals surface area (Å²) in [5, 5.41) is 4.06. The molecule has 1 N–H and O–H groups in total. The predicted molar refractivity (Wildman–Crippen MR) is 77.5 cm³/mol. The van der Waals surface area contributed by atoms with Crippen LogP contribution < -0.4 is 5.32 Å². The first kappa shape index (κ1) is 16.0. The topological polar surface area (TPSA) is 24.9 Å². The standard InChI is InChI=1S/C12H11ClN2.2ClH/c13-11-3-1-10(2-4-11)9-15-12-5-7-14-8-6-12;;/h1-8H,9H2,(H,14,15);2*1H. The fourth-order valence-corrected chi connectivity index (χ4v) is 1.40. The third kappa shape index (κ3) is 5.26. The van der Waals surface area contributed by atoms with Crippen molar-refractivity contribution in [3.8, 4) is 0 Å². The number of nitrogens with zero attached hydrogens (tertiary/aromatic N) is 1. The highest BCUT2D eigenvalue weighted by Crippen LogP contribution is 2.11. The Morgan fingerprint density at radius 1 is 0.941 bits per heavy atom. The fraction of sp³-hybridized carbons (Fsp3) is 0.0833. The van der Waals surface area contributed by atoms with Crippen LogP contribution in [-0.4, -0.2) is 4.98 Å². The maximum atomic E-state index is 5.80. The molecule has 1 aromatic heterocycles. The number of aromatic nitrogens is 1. The van der Waals surface area contributed by atoms with Gasteiger partial charge in [-0.1, -0.05) is 23.7 Å². The molecule has 2 nitrogen and oxygen atoms in total. The monoisotopic (exact) mass is 290 g/mol. The first-order valence-corrected chi connectivity index (χ1v) is 5.11. The molecule has 0 atom stereocenters. The van der Waals surface area contributed by atoms with Gasteiger partial charge in [0.1, 0.15) is 0 Å². The Morgan fingerprint density at radius 2 is 1.53 bits per heavy atom. The smallest absolute Gasteiger partial charge is 0.0406 e. The third-order valence-electron chi connectivity index (χ3n) is 2.09. The summed E-state index contributed by atoms with van der Waals surface area (Å²) in [7, 11) is 0. The first-order chi connectivity index (χ1) is 7.34. The second-order valence-corrected chi connectivity index (χ2v) is 3.65. The highest BCUT2D eigenvalue weighted by atomic mass is 35.5. The Morgan fingerprint density at radius 3 is 2.12 bits per heavy atom. The minimum atomic E-state index is 0. The van der Waals surface area contributed by atoms with Crippen LogP contribution in [0.3, 0.4) is 0 Å². The molecular weight excluding hydrogens is 279 g/mol. The van der Waals surface area contributed by atoms with E-state index in [1.165, 1.54) is 5.56 Å². The van der Waals surface area contributed by atoms with Gasteiger partial charge < -0.3 is 5.32 Å². The molecule has 0 bridgehead atoms. The molecule has 17 heavy (non-hydrogen) atoms. The average molecular weight is 292 g/mol. The van der Waals surface area contributed by atoms with Crippen LogP contribution in [0.4, 0.5) is 5.69 Å². The van der Waals surface area contributed by atoms with Gasteiger partial charge in [-0.25, -0.2) is 0 Å². The molecule has 0 fully saturated rings. The van der Waals surface area contributed by atoms with Crippen LogP contribution >= 0.6 is 36.4 Å². The van der Waals surface area contributed by atoms with Gasteiger partial charge in [-0.2, -0.15) is 0 Å². The van der Waals surface area contributed by atoms with Crippen LogP contribution in [0, 0.1) is 0 Å². The van der Waals surface area contributed by atoms with E-state index in [4.69, 9.17) is 11.6 Å². The molecule has 1 heterocycles. The molecule has 0 saturated carbocycles. The fourth-order valence-electron chi connectivity index (χ4n) is 1.28. The number of benzene rings is 1. The van der Waals surface area contributed by atoms with Crippen molar-refractivity contribution in [3.63, 3.8) is 0 Å². The summed E-state index contributed by atoms with van der Waals surface area (Å²) < 4.78 is 0. The molecule has 0 aliphatic rings. The van der Waals surface area contributed by atoms with Gasteiger partial charge in [-0.3, -0.25) is 4.98 Å². The molecular formula is C12H13Cl3N2. The van der Waals surface area contributed by atoms with Crippen molar-refractivity contribution < 1.29 is 0 Å². The Kier molecular flexibility index (Phi) is 7.72. The lowest BCUT2D eigenvalue weighted by Gasteiger charge is -2.05. The van der Waals surface area contributed by atoms with E-state index in [0.29, 0.717) is 0 Å². The molecule has 0 saturated heterocycles. The number of rotatable bonds is 3. The molecule has 5 heteroatoms. The van der Waals surface area contributed by atoms with E-state index in [2.05, 4.69) is 10.3 Å². The quantitative estimate of drug-likeness (QED) is 0.917. The van der Waals surface area contributed by atoms with Gasteiger partial charge in [-0.05, 0) is 29.8 Å². The number of anilines is 1. The highest BCUT2D eigenvalue weighted by molar-refractivity contribution is 6.30. The first-order valence-electron chi connectivity index (χ1n) is 4.73. The Labute approximate surface area is 118 Å². The molecule has 2 rings (SSSR count). The molecule has 0 amide bonds. The zero-order chi connectivity index (χ0) is 10.5. The van der Waals surface area contributed by atoms with Crippen molar-refractivity contribution in [3.05, 3.63) is 59.4 Å². The lowest BCUT2D eigenvalue weighted by atomic mass is 10.2. The van der Waals surface area contributed by atoms with E-state index >= 15 is 0 Å². The maximum absolute atomic E-state index is 5.80. The van der Waals surface area contributed by atoms with Crippen LogP contribution in [0.1, 0.15) is 5.56 Å². The van der Waals surface area contributed by atoms with Gasteiger partial charge in [0.05, 0.1) is 0 Å². The zero-order valence-corrected chi connectivity index (χ0v) is 11.4. The van der Waals surface area contributed by atoms with Crippen LogP contribution in [-0.2, 0) is 6.54 Å². The summed E-state index contributed by atoms with van der Waals surface area (Å²) in [6.45, 7) is 0.793. The van der Waals surface area contributed by atoms with E-state index in [-0.39, 0.29) is 24.8 Å². The van der Waals surface area contributed by atoms with Crippen molar-refractivity contribution in [2.24, 2.45) is 0 Å². The largest absolute Gasteiger partial charge is 0.381 e. The Hall–Kier alpha value is -0.960. The molecule has 0 aliphatic heterocycles. The van der Waals surface area contributed by atoms with Crippen molar-refractivity contribution in [1.82, 2.24) is 4.98 Å².